The van der Waals surface area contributed by atoms with Gasteiger partial charge >= 0.3 is 0 Å². The van der Waals surface area contributed by atoms with Crippen LogP contribution in [0.25, 0.3) is 0 Å². The fourth-order valence-electron chi connectivity index (χ4n) is 1.77. The van der Waals surface area contributed by atoms with Gasteiger partial charge in [-0.25, -0.2) is 0 Å². The third-order valence-corrected chi connectivity index (χ3v) is 2.38. The normalized spacial score (nSPS) is 38.1. The molecule has 0 radical (unpaired) electrons. The van der Waals surface area contributed by atoms with Crippen LogP contribution in [0, 0.1) is 5.92 Å². The van der Waals surface area contributed by atoms with Gasteiger partial charge in [-0.1, -0.05) is 0 Å². The quantitative estimate of drug-likeness (QED) is 0.552. The lowest BCUT2D eigenvalue weighted by Gasteiger charge is -2.09. The Morgan fingerprint density at radius 3 is 2.70 bits per heavy atom. The van der Waals surface area contributed by atoms with E-state index in [-0.39, 0.29) is 0 Å². The lowest BCUT2D eigenvalue weighted by Crippen LogP contribution is -2.08. The van der Waals surface area contributed by atoms with Crippen molar-refractivity contribution in [2.75, 3.05) is 13.2 Å². The zero-order chi connectivity index (χ0) is 6.97. The van der Waals surface area contributed by atoms with Gasteiger partial charge in [0, 0.05) is 13.2 Å². The van der Waals surface area contributed by atoms with Crippen LogP contribution in [-0.2, 0) is 9.47 Å². The van der Waals surface area contributed by atoms with Crippen LogP contribution in [0.1, 0.15) is 19.8 Å². The van der Waals surface area contributed by atoms with E-state index >= 15 is 0 Å². The van der Waals surface area contributed by atoms with Crippen molar-refractivity contribution in [2.24, 2.45) is 5.92 Å². The van der Waals surface area contributed by atoms with E-state index in [0.29, 0.717) is 12.2 Å². The molecule has 2 aliphatic rings. The minimum absolute atomic E-state index is 0.616. The van der Waals surface area contributed by atoms with Crippen LogP contribution < -0.4 is 0 Å². The molecule has 2 fully saturated rings. The lowest BCUT2D eigenvalue weighted by atomic mass is 10.1. The maximum absolute atomic E-state index is 5.33. The highest BCUT2D eigenvalue weighted by Gasteiger charge is 2.47. The van der Waals surface area contributed by atoms with Gasteiger partial charge in [-0.05, 0) is 25.7 Å². The molecule has 2 atom stereocenters. The predicted octanol–water partition coefficient (Wildman–Crippen LogP) is 1.20. The van der Waals surface area contributed by atoms with E-state index < -0.39 is 0 Å². The van der Waals surface area contributed by atoms with Crippen LogP contribution in [0.2, 0.25) is 0 Å². The fourth-order valence-corrected chi connectivity index (χ4v) is 1.77. The monoisotopic (exact) mass is 142 g/mol. The molecule has 0 bridgehead atoms. The Morgan fingerprint density at radius 1 is 1.40 bits per heavy atom. The van der Waals surface area contributed by atoms with Crippen LogP contribution in [0.4, 0.5) is 0 Å². The molecule has 2 nitrogen and oxygen atoms in total. The molecule has 1 heterocycles. The number of hydrogen-bond acceptors (Lipinski definition) is 2. The molecule has 2 heteroatoms. The second-order valence-corrected chi connectivity index (χ2v) is 3.21. The molecule has 0 aromatic carbocycles. The van der Waals surface area contributed by atoms with Gasteiger partial charge in [-0.2, -0.15) is 0 Å². The van der Waals surface area contributed by atoms with Crippen molar-refractivity contribution in [3.63, 3.8) is 0 Å². The average molecular weight is 142 g/mol. The number of epoxide rings is 1. The van der Waals surface area contributed by atoms with E-state index in [0.717, 1.165) is 19.1 Å². The molecule has 0 N–H and O–H groups in total. The Hall–Kier alpha value is -0.0800. The number of hydrogen-bond donors (Lipinski definition) is 0. The molecular weight excluding hydrogens is 128 g/mol. The summed E-state index contributed by atoms with van der Waals surface area (Å²) >= 11 is 0. The highest BCUT2D eigenvalue weighted by atomic mass is 16.6. The summed E-state index contributed by atoms with van der Waals surface area (Å²) in [6.45, 7) is 3.85. The maximum atomic E-state index is 5.33. The Kier molecular flexibility index (Phi) is 1.66. The molecule has 0 aromatic heterocycles. The SMILES string of the molecule is CCOCC1C[C@@H]2O[C@H]2C1. The summed E-state index contributed by atoms with van der Waals surface area (Å²) in [5.41, 5.74) is 0. The third kappa shape index (κ3) is 1.18. The van der Waals surface area contributed by atoms with Gasteiger partial charge in [0.15, 0.2) is 0 Å². The summed E-state index contributed by atoms with van der Waals surface area (Å²) < 4.78 is 10.6. The van der Waals surface area contributed by atoms with Gasteiger partial charge in [0.2, 0.25) is 0 Å². The van der Waals surface area contributed by atoms with Crippen molar-refractivity contribution in [1.29, 1.82) is 0 Å². The number of rotatable bonds is 3. The van der Waals surface area contributed by atoms with Crippen LogP contribution in [0.5, 0.6) is 0 Å². The molecule has 1 aliphatic carbocycles. The molecule has 0 spiro atoms. The largest absolute Gasteiger partial charge is 0.381 e. The summed E-state index contributed by atoms with van der Waals surface area (Å²) in [5, 5.41) is 0. The molecule has 0 amide bonds. The Bertz CT molecular complexity index is 114. The Labute approximate surface area is 61.5 Å². The molecule has 2 rings (SSSR count). The van der Waals surface area contributed by atoms with Gasteiger partial charge in [-0.3, -0.25) is 0 Å². The van der Waals surface area contributed by atoms with Crippen LogP contribution in [0.3, 0.4) is 0 Å². The molecule has 10 heavy (non-hydrogen) atoms. The molecule has 1 saturated carbocycles. The molecule has 58 valence electrons. The average Bonchev–Trinajstić information content (AvgIpc) is 2.56. The summed E-state index contributed by atoms with van der Waals surface area (Å²) in [4.78, 5) is 0. The first-order valence-electron chi connectivity index (χ1n) is 4.13. The minimum Gasteiger partial charge on any atom is -0.381 e. The Balaban J connectivity index is 1.66. The van der Waals surface area contributed by atoms with E-state index in [2.05, 4.69) is 0 Å². The van der Waals surface area contributed by atoms with Gasteiger partial charge in [0.05, 0.1) is 12.2 Å². The maximum Gasteiger partial charge on any atom is 0.0845 e. The molecule has 1 saturated heterocycles. The second kappa shape index (κ2) is 2.51. The Morgan fingerprint density at radius 2 is 2.10 bits per heavy atom. The lowest BCUT2D eigenvalue weighted by molar-refractivity contribution is 0.0958. The van der Waals surface area contributed by atoms with Crippen molar-refractivity contribution in [1.82, 2.24) is 0 Å². The predicted molar refractivity (Wildman–Crippen MR) is 37.9 cm³/mol. The van der Waals surface area contributed by atoms with E-state index in [1.807, 2.05) is 6.92 Å². The van der Waals surface area contributed by atoms with Crippen molar-refractivity contribution in [3.05, 3.63) is 0 Å². The van der Waals surface area contributed by atoms with E-state index in [4.69, 9.17) is 9.47 Å². The molecule has 0 aromatic rings. The second-order valence-electron chi connectivity index (χ2n) is 3.21. The summed E-state index contributed by atoms with van der Waals surface area (Å²) in [6.07, 6.45) is 3.71. The first-order chi connectivity index (χ1) is 4.90. The van der Waals surface area contributed by atoms with Crippen molar-refractivity contribution >= 4 is 0 Å². The van der Waals surface area contributed by atoms with Crippen molar-refractivity contribution in [2.45, 2.75) is 32.0 Å². The first kappa shape index (κ1) is 6.62. The number of fused-ring (bicyclic) bond motifs is 1. The molecular formula is C8H14O2. The topological polar surface area (TPSA) is 21.8 Å². The zero-order valence-corrected chi connectivity index (χ0v) is 6.38. The summed E-state index contributed by atoms with van der Waals surface area (Å²) in [7, 11) is 0. The molecule has 0 unspecified atom stereocenters. The van der Waals surface area contributed by atoms with Gasteiger partial charge in [-0.15, -0.1) is 0 Å². The molecule has 1 aliphatic heterocycles. The van der Waals surface area contributed by atoms with E-state index in [1.54, 1.807) is 0 Å². The number of ether oxygens (including phenoxy) is 2. The van der Waals surface area contributed by atoms with Gasteiger partial charge in [0.1, 0.15) is 0 Å². The van der Waals surface area contributed by atoms with Crippen molar-refractivity contribution < 1.29 is 9.47 Å². The summed E-state index contributed by atoms with van der Waals surface area (Å²) in [5.74, 6) is 0.795. The van der Waals surface area contributed by atoms with Crippen LogP contribution in [0.15, 0.2) is 0 Å². The van der Waals surface area contributed by atoms with Gasteiger partial charge in [0.25, 0.3) is 0 Å². The highest BCUT2D eigenvalue weighted by Crippen LogP contribution is 2.41. The van der Waals surface area contributed by atoms with E-state index in [9.17, 15) is 0 Å². The van der Waals surface area contributed by atoms with Gasteiger partial charge < -0.3 is 9.47 Å². The fraction of sp³-hybridized carbons (Fsp3) is 1.00. The van der Waals surface area contributed by atoms with E-state index in [1.165, 1.54) is 12.8 Å². The first-order valence-corrected chi connectivity index (χ1v) is 4.13. The van der Waals surface area contributed by atoms with Crippen LogP contribution >= 0.6 is 0 Å². The van der Waals surface area contributed by atoms with Crippen molar-refractivity contribution in [3.8, 4) is 0 Å². The smallest absolute Gasteiger partial charge is 0.0845 e. The summed E-state index contributed by atoms with van der Waals surface area (Å²) in [6, 6.07) is 0. The standard InChI is InChI=1S/C8H14O2/c1-2-9-5-6-3-7-8(4-6)10-7/h6-8H,2-5H2,1H3/t7-,8-/m0/s1. The van der Waals surface area contributed by atoms with Crippen LogP contribution in [-0.4, -0.2) is 25.4 Å². The third-order valence-electron chi connectivity index (χ3n) is 2.38. The zero-order valence-electron chi connectivity index (χ0n) is 6.38. The highest BCUT2D eigenvalue weighted by molar-refractivity contribution is 4.95. The minimum atomic E-state index is 0.616.